The van der Waals surface area contributed by atoms with Gasteiger partial charge in [0.05, 0.1) is 48.1 Å². The molecule has 6 fully saturated rings. The van der Waals surface area contributed by atoms with Crippen molar-refractivity contribution in [3.05, 3.63) is 96.3 Å². The first-order valence-electron chi connectivity index (χ1n) is 21.5. The molecule has 6 aliphatic heterocycles. The summed E-state index contributed by atoms with van der Waals surface area (Å²) in [5.74, 6) is 5.39. The lowest BCUT2D eigenvalue weighted by Gasteiger charge is -2.52. The van der Waals surface area contributed by atoms with Crippen LogP contribution in [0.3, 0.4) is 0 Å². The first kappa shape index (κ1) is 37.2. The third-order valence-corrected chi connectivity index (χ3v) is 14.3. The molecule has 6 saturated heterocycles. The minimum Gasteiger partial charge on any atom is -0.497 e. The molecule has 6 aromatic rings. The molecule has 0 radical (unpaired) electrons. The van der Waals surface area contributed by atoms with Crippen LogP contribution in [0, 0.1) is 23.7 Å². The number of hydrogen-bond acceptors (Lipinski definition) is 10. The van der Waals surface area contributed by atoms with E-state index in [1.54, 1.807) is 14.2 Å². The lowest BCUT2D eigenvalue weighted by molar-refractivity contribution is -0.0505. The second kappa shape index (κ2) is 15.6. The van der Waals surface area contributed by atoms with Crippen molar-refractivity contribution in [1.82, 2.24) is 30.0 Å². The van der Waals surface area contributed by atoms with Gasteiger partial charge in [0.25, 0.3) is 0 Å². The van der Waals surface area contributed by atoms with Gasteiger partial charge in [-0.1, -0.05) is 38.8 Å². The van der Waals surface area contributed by atoms with Gasteiger partial charge < -0.3 is 18.9 Å². The van der Waals surface area contributed by atoms with Crippen molar-refractivity contribution in [3.63, 3.8) is 0 Å². The van der Waals surface area contributed by atoms with Crippen molar-refractivity contribution in [2.75, 3.05) is 40.4 Å². The highest BCUT2D eigenvalue weighted by atomic mass is 16.5. The van der Waals surface area contributed by atoms with Crippen LogP contribution >= 0.6 is 0 Å². The molecular formula is C48H54N6O4. The summed E-state index contributed by atoms with van der Waals surface area (Å²) in [6.07, 6.45) is 10.2. The zero-order chi connectivity index (χ0) is 39.3. The molecule has 0 saturated carbocycles. The molecule has 0 aliphatic carbocycles. The number of methoxy groups -OCH3 is 2. The summed E-state index contributed by atoms with van der Waals surface area (Å²) in [4.78, 5) is 14.8. The number of hydrogen-bond donors (Lipinski definition) is 0. The zero-order valence-corrected chi connectivity index (χ0v) is 34.1. The number of ether oxygens (including phenoxy) is 4. The fourth-order valence-corrected chi connectivity index (χ4v) is 11.1. The first-order valence-corrected chi connectivity index (χ1v) is 21.5. The van der Waals surface area contributed by atoms with Crippen LogP contribution in [0.2, 0.25) is 0 Å². The third-order valence-electron chi connectivity index (χ3n) is 14.3. The predicted molar refractivity (Wildman–Crippen MR) is 227 cm³/mol. The number of rotatable bonds is 12. The lowest BCUT2D eigenvalue weighted by Crippen LogP contribution is -2.56. The Balaban J connectivity index is 1.06. The van der Waals surface area contributed by atoms with Gasteiger partial charge in [-0.2, -0.15) is 0 Å². The standard InChI is InChI=1S/C48H54N6O4/c1-5-29-27-53-21-17-31(29)23-43(53)45(35-15-19-49-41-13-11-33(55-3)25-39(35)41)57-47-37-9-7-8-10-38(37)48(52-51-47)58-46(44-24-32-18-22-54(44)28-30(32)6-2)36-16-20-50-42-14-12-34(56-4)26-40(36)42/h7-16,19-20,25-26,29-32,43-46H,5-6,17-18,21-24,27-28H2,1-4H3/t29-,30-,31-,32-,43+,44+,45-,46+/m0/s1. The van der Waals surface area contributed by atoms with E-state index in [1.807, 2.05) is 36.7 Å². The molecule has 300 valence electrons. The minimum absolute atomic E-state index is 0.180. The summed E-state index contributed by atoms with van der Waals surface area (Å²) in [5.41, 5.74) is 4.01. The van der Waals surface area contributed by atoms with Gasteiger partial charge in [-0.15, -0.1) is 10.2 Å². The van der Waals surface area contributed by atoms with Crippen molar-refractivity contribution in [3.8, 4) is 23.3 Å². The molecule has 3 aromatic heterocycles. The number of fused-ring (bicyclic) bond motifs is 9. The smallest absolute Gasteiger partial charge is 0.242 e. The predicted octanol–water partition coefficient (Wildman–Crippen LogP) is 9.22. The Morgan fingerprint density at radius 2 is 1.07 bits per heavy atom. The lowest BCUT2D eigenvalue weighted by atomic mass is 9.72. The fraction of sp³-hybridized carbons (Fsp3) is 0.458. The number of nitrogens with zero attached hydrogens (tertiary/aromatic N) is 6. The third kappa shape index (κ3) is 6.58. The van der Waals surface area contributed by atoms with Crippen LogP contribution < -0.4 is 18.9 Å². The van der Waals surface area contributed by atoms with Crippen molar-refractivity contribution in [2.45, 2.75) is 76.7 Å². The average Bonchev–Trinajstić information content (AvgIpc) is 3.29. The van der Waals surface area contributed by atoms with E-state index in [-0.39, 0.29) is 24.3 Å². The minimum atomic E-state index is -0.300. The van der Waals surface area contributed by atoms with E-state index >= 15 is 0 Å². The second-order valence-electron chi connectivity index (χ2n) is 17.0. The van der Waals surface area contributed by atoms with Crippen LogP contribution in [0.4, 0.5) is 0 Å². The van der Waals surface area contributed by atoms with E-state index in [9.17, 15) is 0 Å². The highest BCUT2D eigenvalue weighted by molar-refractivity contribution is 5.91. The monoisotopic (exact) mass is 778 g/mol. The highest BCUT2D eigenvalue weighted by Crippen LogP contribution is 2.47. The van der Waals surface area contributed by atoms with Crippen molar-refractivity contribution >= 4 is 32.6 Å². The van der Waals surface area contributed by atoms with Crippen LogP contribution in [0.1, 0.15) is 75.7 Å². The van der Waals surface area contributed by atoms with Crippen molar-refractivity contribution < 1.29 is 18.9 Å². The molecule has 9 heterocycles. The molecule has 0 amide bonds. The topological polar surface area (TPSA) is 95.0 Å². The molecular weight excluding hydrogens is 725 g/mol. The normalized spacial score (nSPS) is 27.4. The number of benzene rings is 3. The van der Waals surface area contributed by atoms with Crippen LogP contribution in [0.15, 0.2) is 85.2 Å². The highest BCUT2D eigenvalue weighted by Gasteiger charge is 2.46. The van der Waals surface area contributed by atoms with E-state index in [4.69, 9.17) is 39.1 Å². The summed E-state index contributed by atoms with van der Waals surface area (Å²) in [6.45, 7) is 9.00. The Kier molecular flexibility index (Phi) is 10.0. The summed E-state index contributed by atoms with van der Waals surface area (Å²) < 4.78 is 26.0. The summed E-state index contributed by atoms with van der Waals surface area (Å²) in [7, 11) is 3.42. The number of pyridine rings is 2. The van der Waals surface area contributed by atoms with Crippen LogP contribution in [-0.2, 0) is 0 Å². The van der Waals surface area contributed by atoms with Gasteiger partial charge in [0.1, 0.15) is 23.7 Å². The van der Waals surface area contributed by atoms with E-state index in [1.165, 1.54) is 25.7 Å². The quantitative estimate of drug-likeness (QED) is 0.120. The molecule has 6 aliphatic rings. The summed E-state index contributed by atoms with van der Waals surface area (Å²) in [6, 6.07) is 25.1. The molecule has 4 bridgehead atoms. The summed E-state index contributed by atoms with van der Waals surface area (Å²) in [5, 5.41) is 13.7. The molecule has 10 nitrogen and oxygen atoms in total. The fourth-order valence-electron chi connectivity index (χ4n) is 11.1. The maximum Gasteiger partial charge on any atom is 0.242 e. The SMILES string of the molecule is CC[C@H]1CN2CC[C@H]1C[C@@H]2[C@H](Oc1nnc(O[C@@H](c2ccnc3ccc(OC)cc23)[C@H]2C[C@@H]3CCN2C[C@@H]3CC)c2ccccc12)c1ccnc2ccc(OC)cc12. The van der Waals surface area contributed by atoms with E-state index < -0.39 is 0 Å². The molecule has 58 heavy (non-hydrogen) atoms. The maximum atomic E-state index is 7.30. The summed E-state index contributed by atoms with van der Waals surface area (Å²) >= 11 is 0. The Hall–Kier alpha value is -5.06. The van der Waals surface area contributed by atoms with Gasteiger partial charge in [0.15, 0.2) is 0 Å². The number of aromatic nitrogens is 4. The van der Waals surface area contributed by atoms with E-state index in [0.717, 1.165) is 94.2 Å². The Morgan fingerprint density at radius 1 is 0.603 bits per heavy atom. The molecule has 0 spiro atoms. The molecule has 10 heteroatoms. The second-order valence-corrected chi connectivity index (χ2v) is 17.0. The zero-order valence-electron chi connectivity index (χ0n) is 34.1. The van der Waals surface area contributed by atoms with Crippen molar-refractivity contribution in [2.24, 2.45) is 23.7 Å². The van der Waals surface area contributed by atoms with Gasteiger partial charge in [-0.3, -0.25) is 19.8 Å². The largest absolute Gasteiger partial charge is 0.497 e. The van der Waals surface area contributed by atoms with Crippen molar-refractivity contribution in [1.29, 1.82) is 0 Å². The van der Waals surface area contributed by atoms with Gasteiger partial charge in [0.2, 0.25) is 11.8 Å². The Labute approximate surface area is 340 Å². The van der Waals surface area contributed by atoms with Crippen LogP contribution in [0.5, 0.6) is 23.3 Å². The van der Waals surface area contributed by atoms with E-state index in [0.29, 0.717) is 35.4 Å². The Morgan fingerprint density at radius 3 is 1.47 bits per heavy atom. The van der Waals surface area contributed by atoms with Gasteiger partial charge in [-0.05, 0) is 123 Å². The average molecular weight is 779 g/mol. The molecule has 10 atom stereocenters. The molecule has 3 aromatic carbocycles. The first-order chi connectivity index (χ1) is 28.5. The van der Waals surface area contributed by atoms with Crippen LogP contribution in [-0.4, -0.2) is 82.4 Å². The number of piperidine rings is 6. The van der Waals surface area contributed by atoms with Gasteiger partial charge in [-0.25, -0.2) is 0 Å². The van der Waals surface area contributed by atoms with Crippen LogP contribution in [0.25, 0.3) is 32.6 Å². The molecule has 12 rings (SSSR count). The molecule has 2 unspecified atom stereocenters. The Bertz CT molecular complexity index is 2280. The van der Waals surface area contributed by atoms with Gasteiger partial charge in [0, 0.05) is 47.4 Å². The molecule has 0 N–H and O–H groups in total. The van der Waals surface area contributed by atoms with E-state index in [2.05, 4.69) is 72.2 Å². The van der Waals surface area contributed by atoms with Gasteiger partial charge >= 0.3 is 0 Å². The maximum absolute atomic E-state index is 7.30.